The number of nitrogens with zero attached hydrogens (tertiary/aromatic N) is 4. The van der Waals surface area contributed by atoms with Crippen LogP contribution >= 0.6 is 0 Å². The summed E-state index contributed by atoms with van der Waals surface area (Å²) in [5.41, 5.74) is -0.147. The second-order valence-electron chi connectivity index (χ2n) is 8.21. The van der Waals surface area contributed by atoms with E-state index in [1.54, 1.807) is 41.2 Å². The minimum Gasteiger partial charge on any atom is -0.486 e. The second kappa shape index (κ2) is 9.53. The lowest BCUT2D eigenvalue weighted by Gasteiger charge is -2.19. The molecule has 5 rings (SSSR count). The smallest absolute Gasteiger partial charge is 0.333 e. The summed E-state index contributed by atoms with van der Waals surface area (Å²) in [4.78, 5) is 43.9. The maximum absolute atomic E-state index is 13.4. The summed E-state index contributed by atoms with van der Waals surface area (Å²) >= 11 is 0. The fourth-order valence-corrected chi connectivity index (χ4v) is 4.05. The highest BCUT2D eigenvalue weighted by molar-refractivity contribution is 5.91. The highest BCUT2D eigenvalue weighted by atomic mass is 16.6. The number of aromatic nitrogens is 4. The van der Waals surface area contributed by atoms with Crippen molar-refractivity contribution < 1.29 is 18.7 Å². The third kappa shape index (κ3) is 4.44. The number of carbonyl (C=O) groups is 1. The van der Waals surface area contributed by atoms with Crippen LogP contribution in [0.2, 0.25) is 0 Å². The van der Waals surface area contributed by atoms with E-state index < -0.39 is 23.7 Å². The van der Waals surface area contributed by atoms with E-state index in [9.17, 15) is 14.4 Å². The number of anilines is 1. The van der Waals surface area contributed by atoms with Gasteiger partial charge in [-0.3, -0.25) is 14.2 Å². The molecule has 11 nitrogen and oxygen atoms in total. The van der Waals surface area contributed by atoms with Gasteiger partial charge in [-0.1, -0.05) is 13.3 Å². The Morgan fingerprint density at radius 3 is 2.71 bits per heavy atom. The molecule has 1 N–H and O–H groups in total. The molecule has 35 heavy (non-hydrogen) atoms. The topological polar surface area (TPSA) is 123 Å². The van der Waals surface area contributed by atoms with Gasteiger partial charge in [-0.2, -0.15) is 0 Å². The minimum atomic E-state index is -0.584. The predicted octanol–water partition coefficient (Wildman–Crippen LogP) is 2.21. The van der Waals surface area contributed by atoms with Crippen molar-refractivity contribution in [2.45, 2.75) is 39.4 Å². The van der Waals surface area contributed by atoms with Crippen LogP contribution in [0.25, 0.3) is 11.2 Å². The van der Waals surface area contributed by atoms with Crippen LogP contribution in [0.5, 0.6) is 11.5 Å². The Hall–Kier alpha value is -4.28. The summed E-state index contributed by atoms with van der Waals surface area (Å²) in [5, 5.41) is 2.73. The third-order valence-electron chi connectivity index (χ3n) is 5.75. The van der Waals surface area contributed by atoms with Crippen LogP contribution in [0.1, 0.15) is 25.5 Å². The molecule has 1 aliphatic rings. The van der Waals surface area contributed by atoms with Crippen LogP contribution in [0.4, 0.5) is 5.69 Å². The van der Waals surface area contributed by atoms with E-state index in [0.29, 0.717) is 48.4 Å². The lowest BCUT2D eigenvalue weighted by molar-refractivity contribution is -0.116. The van der Waals surface area contributed by atoms with Gasteiger partial charge in [0.25, 0.3) is 5.56 Å². The highest BCUT2D eigenvalue weighted by Gasteiger charge is 2.20. The molecule has 0 atom stereocenters. The van der Waals surface area contributed by atoms with Gasteiger partial charge in [-0.15, -0.1) is 0 Å². The van der Waals surface area contributed by atoms with Crippen LogP contribution in [-0.2, 0) is 24.4 Å². The third-order valence-corrected chi connectivity index (χ3v) is 5.75. The molecule has 0 unspecified atom stereocenters. The van der Waals surface area contributed by atoms with E-state index in [-0.39, 0.29) is 12.1 Å². The molecule has 1 aliphatic heterocycles. The van der Waals surface area contributed by atoms with E-state index in [4.69, 9.17) is 13.9 Å². The fourth-order valence-electron chi connectivity index (χ4n) is 4.05. The predicted molar refractivity (Wildman–Crippen MR) is 127 cm³/mol. The Bertz CT molecular complexity index is 1480. The van der Waals surface area contributed by atoms with Crippen LogP contribution in [0, 0.1) is 0 Å². The van der Waals surface area contributed by atoms with Gasteiger partial charge in [0.15, 0.2) is 22.7 Å². The van der Waals surface area contributed by atoms with Crippen molar-refractivity contribution in [2.24, 2.45) is 0 Å². The molecule has 4 aromatic rings. The zero-order chi connectivity index (χ0) is 24.4. The molecule has 0 bridgehead atoms. The normalized spacial score (nSPS) is 12.7. The van der Waals surface area contributed by atoms with Gasteiger partial charge in [-0.05, 0) is 30.7 Å². The van der Waals surface area contributed by atoms with Crippen molar-refractivity contribution in [3.05, 3.63) is 69.5 Å². The Morgan fingerprint density at radius 2 is 1.94 bits per heavy atom. The quantitative estimate of drug-likeness (QED) is 0.411. The summed E-state index contributed by atoms with van der Waals surface area (Å²) in [6.07, 6.45) is 4.63. The SMILES string of the molecule is CCCCn1c(=O)n(CC(=O)Nc2ccc3c(c2)OCCO3)c(=O)c2c1ncn2Cc1ccco1. The first-order valence-electron chi connectivity index (χ1n) is 11.5. The number of aryl methyl sites for hydroxylation is 1. The van der Waals surface area contributed by atoms with Crippen molar-refractivity contribution in [1.29, 1.82) is 0 Å². The largest absolute Gasteiger partial charge is 0.486 e. The van der Waals surface area contributed by atoms with Gasteiger partial charge in [0, 0.05) is 18.3 Å². The molecule has 0 saturated carbocycles. The summed E-state index contributed by atoms with van der Waals surface area (Å²) in [6, 6.07) is 8.57. The van der Waals surface area contributed by atoms with Crippen LogP contribution in [0.15, 0.2) is 56.9 Å². The number of fused-ring (bicyclic) bond motifs is 2. The van der Waals surface area contributed by atoms with E-state index >= 15 is 0 Å². The highest BCUT2D eigenvalue weighted by Crippen LogP contribution is 2.32. The number of rotatable bonds is 8. The first kappa shape index (κ1) is 22.5. The summed E-state index contributed by atoms with van der Waals surface area (Å²) < 4.78 is 20.5. The molecule has 0 aliphatic carbocycles. The first-order valence-corrected chi connectivity index (χ1v) is 11.5. The number of furan rings is 1. The zero-order valence-corrected chi connectivity index (χ0v) is 19.2. The Labute approximate surface area is 199 Å². The zero-order valence-electron chi connectivity index (χ0n) is 19.2. The second-order valence-corrected chi connectivity index (χ2v) is 8.21. The number of imidazole rings is 1. The van der Waals surface area contributed by atoms with Gasteiger partial charge in [-0.25, -0.2) is 14.3 Å². The summed E-state index contributed by atoms with van der Waals surface area (Å²) in [5.74, 6) is 1.24. The molecule has 4 heterocycles. The van der Waals surface area contributed by atoms with Crippen LogP contribution in [-0.4, -0.2) is 37.8 Å². The number of hydrogen-bond acceptors (Lipinski definition) is 7. The number of carbonyl (C=O) groups excluding carboxylic acids is 1. The van der Waals surface area contributed by atoms with E-state index in [1.165, 1.54) is 10.9 Å². The van der Waals surface area contributed by atoms with E-state index in [1.807, 2.05) is 6.92 Å². The Kier molecular flexibility index (Phi) is 6.13. The molecule has 1 amide bonds. The molecule has 11 heteroatoms. The monoisotopic (exact) mass is 479 g/mol. The number of benzene rings is 1. The van der Waals surface area contributed by atoms with Gasteiger partial charge >= 0.3 is 5.69 Å². The van der Waals surface area contributed by atoms with Gasteiger partial charge in [0.05, 0.1) is 19.1 Å². The lowest BCUT2D eigenvalue weighted by Crippen LogP contribution is -2.43. The van der Waals surface area contributed by atoms with Crippen molar-refractivity contribution in [3.63, 3.8) is 0 Å². The van der Waals surface area contributed by atoms with Crippen molar-refractivity contribution >= 4 is 22.8 Å². The Morgan fingerprint density at radius 1 is 1.11 bits per heavy atom. The fraction of sp³-hybridized carbons (Fsp3) is 0.333. The van der Waals surface area contributed by atoms with Crippen molar-refractivity contribution in [2.75, 3.05) is 18.5 Å². The molecular weight excluding hydrogens is 454 g/mol. The summed E-state index contributed by atoms with van der Waals surface area (Å²) in [7, 11) is 0. The molecule has 0 saturated heterocycles. The number of nitrogens with one attached hydrogen (secondary N) is 1. The first-order chi connectivity index (χ1) is 17.0. The molecule has 3 aromatic heterocycles. The number of unbranched alkanes of at least 4 members (excludes halogenated alkanes) is 1. The minimum absolute atomic E-state index is 0.240. The van der Waals surface area contributed by atoms with Gasteiger partial charge in [0.2, 0.25) is 5.91 Å². The van der Waals surface area contributed by atoms with Crippen molar-refractivity contribution in [1.82, 2.24) is 18.7 Å². The average molecular weight is 479 g/mol. The molecule has 0 fully saturated rings. The maximum atomic E-state index is 13.4. The molecule has 0 radical (unpaired) electrons. The Balaban J connectivity index is 1.49. The standard InChI is InChI=1S/C24H25N5O6/c1-2-3-8-28-22-21(27(15-25-22)13-17-5-4-9-33-17)23(31)29(24(28)32)14-20(30)26-16-6-7-18-19(12-16)35-11-10-34-18/h4-7,9,12,15H,2-3,8,10-11,13-14H2,1H3,(H,26,30). The number of hydrogen-bond donors (Lipinski definition) is 1. The van der Waals surface area contributed by atoms with E-state index in [2.05, 4.69) is 10.3 Å². The van der Waals surface area contributed by atoms with Gasteiger partial charge in [0.1, 0.15) is 25.5 Å². The average Bonchev–Trinajstić information content (AvgIpc) is 3.52. The molecule has 0 spiro atoms. The lowest BCUT2D eigenvalue weighted by atomic mass is 10.2. The van der Waals surface area contributed by atoms with Gasteiger partial charge < -0.3 is 23.8 Å². The van der Waals surface area contributed by atoms with E-state index in [0.717, 1.165) is 17.4 Å². The van der Waals surface area contributed by atoms with Crippen molar-refractivity contribution in [3.8, 4) is 11.5 Å². The summed E-state index contributed by atoms with van der Waals surface area (Å²) in [6.45, 7) is 3.10. The van der Waals surface area contributed by atoms with Crippen LogP contribution in [0.3, 0.4) is 0 Å². The molecule has 1 aromatic carbocycles. The molecule has 182 valence electrons. The maximum Gasteiger partial charge on any atom is 0.333 e. The number of amides is 1. The number of ether oxygens (including phenoxy) is 2. The van der Waals surface area contributed by atoms with Crippen LogP contribution < -0.4 is 26.0 Å². The molecular formula is C24H25N5O6.